The first kappa shape index (κ1) is 15.1. The van der Waals surface area contributed by atoms with E-state index in [9.17, 15) is 0 Å². The number of nitrogens with one attached hydrogen (secondary N) is 1. The molecule has 0 bridgehead atoms. The summed E-state index contributed by atoms with van der Waals surface area (Å²) in [7, 11) is 0. The molecule has 0 radical (unpaired) electrons. The molecule has 1 atom stereocenters. The van der Waals surface area contributed by atoms with Gasteiger partial charge in [0.15, 0.2) is 0 Å². The van der Waals surface area contributed by atoms with Gasteiger partial charge < -0.3 is 10.2 Å². The fourth-order valence-electron chi connectivity index (χ4n) is 1.98. The molecule has 1 N–H and O–H groups in total. The smallest absolute Gasteiger partial charge is 0.115 e. The van der Waals surface area contributed by atoms with Crippen LogP contribution < -0.4 is 5.32 Å². The molecule has 1 unspecified atom stereocenters. The third kappa shape index (κ3) is 6.07. The van der Waals surface area contributed by atoms with E-state index in [0.717, 1.165) is 25.2 Å². The maximum atomic E-state index is 4.01. The van der Waals surface area contributed by atoms with Crippen LogP contribution in [0, 0.1) is 0 Å². The van der Waals surface area contributed by atoms with Gasteiger partial charge in [0, 0.05) is 30.5 Å². The Hall–Kier alpha value is -1.00. The minimum Gasteiger partial charge on any atom is -0.310 e. The molecule has 4 heteroatoms. The van der Waals surface area contributed by atoms with E-state index in [-0.39, 0.29) is 0 Å². The molecule has 1 heterocycles. The van der Waals surface area contributed by atoms with Gasteiger partial charge in [-0.2, -0.15) is 0 Å². The molecule has 4 nitrogen and oxygen atoms in total. The molecule has 102 valence electrons. The summed E-state index contributed by atoms with van der Waals surface area (Å²) in [5, 5.41) is 3.51. The van der Waals surface area contributed by atoms with Crippen LogP contribution >= 0.6 is 0 Å². The van der Waals surface area contributed by atoms with E-state index in [1.54, 1.807) is 6.33 Å². The van der Waals surface area contributed by atoms with Crippen LogP contribution in [0.4, 0.5) is 0 Å². The summed E-state index contributed by atoms with van der Waals surface area (Å²) in [6, 6.07) is 0.542. The quantitative estimate of drug-likeness (QED) is 0.728. The normalized spacial score (nSPS) is 12.9. The second kappa shape index (κ2) is 9.00. The predicted octanol–water partition coefficient (Wildman–Crippen LogP) is 2.08. The van der Waals surface area contributed by atoms with Gasteiger partial charge in [0.25, 0.3) is 0 Å². The highest BCUT2D eigenvalue weighted by atomic mass is 15.1. The third-order valence-corrected chi connectivity index (χ3v) is 3.27. The van der Waals surface area contributed by atoms with Gasteiger partial charge >= 0.3 is 0 Å². The van der Waals surface area contributed by atoms with Gasteiger partial charge in [0.1, 0.15) is 6.33 Å². The van der Waals surface area contributed by atoms with Crippen molar-refractivity contribution in [3.05, 3.63) is 24.3 Å². The number of rotatable bonds is 9. The molecule has 1 aromatic rings. The molecular formula is C14H26N4. The van der Waals surface area contributed by atoms with Crippen molar-refractivity contribution in [2.24, 2.45) is 0 Å². The molecule has 0 aliphatic rings. The summed E-state index contributed by atoms with van der Waals surface area (Å²) in [6.45, 7) is 11.0. The van der Waals surface area contributed by atoms with Crippen LogP contribution in [0.3, 0.4) is 0 Å². The molecule has 18 heavy (non-hydrogen) atoms. The van der Waals surface area contributed by atoms with Gasteiger partial charge in [-0.3, -0.25) is 0 Å². The SMILES string of the molecule is CCN(CC)CCCC(C)NCc1cncnc1. The monoisotopic (exact) mass is 250 g/mol. The van der Waals surface area contributed by atoms with Gasteiger partial charge in [0.2, 0.25) is 0 Å². The molecule has 0 aliphatic carbocycles. The zero-order valence-electron chi connectivity index (χ0n) is 11.9. The highest BCUT2D eigenvalue weighted by molar-refractivity contribution is 5.01. The Labute approximate surface area is 111 Å². The first-order valence-electron chi connectivity index (χ1n) is 6.95. The summed E-state index contributed by atoms with van der Waals surface area (Å²) in [5.41, 5.74) is 1.15. The molecule has 0 amide bonds. The minimum atomic E-state index is 0.542. The summed E-state index contributed by atoms with van der Waals surface area (Å²) in [5.74, 6) is 0. The highest BCUT2D eigenvalue weighted by Crippen LogP contribution is 2.01. The van der Waals surface area contributed by atoms with Gasteiger partial charge in [-0.15, -0.1) is 0 Å². The molecule has 0 saturated heterocycles. The number of aromatic nitrogens is 2. The fraction of sp³-hybridized carbons (Fsp3) is 0.714. The van der Waals surface area contributed by atoms with Crippen molar-refractivity contribution in [1.82, 2.24) is 20.2 Å². The van der Waals surface area contributed by atoms with Gasteiger partial charge in [-0.05, 0) is 39.4 Å². The fourth-order valence-corrected chi connectivity index (χ4v) is 1.98. The molecule has 1 aromatic heterocycles. The average molecular weight is 250 g/mol. The summed E-state index contributed by atoms with van der Waals surface area (Å²) in [4.78, 5) is 10.5. The Bertz CT molecular complexity index is 298. The summed E-state index contributed by atoms with van der Waals surface area (Å²) >= 11 is 0. The van der Waals surface area contributed by atoms with Gasteiger partial charge in [0.05, 0.1) is 0 Å². The van der Waals surface area contributed by atoms with Crippen molar-refractivity contribution in [3.8, 4) is 0 Å². The molecule has 0 saturated carbocycles. The minimum absolute atomic E-state index is 0.542. The molecule has 0 spiro atoms. The first-order valence-corrected chi connectivity index (χ1v) is 6.95. The Morgan fingerprint density at radius 2 is 1.89 bits per heavy atom. The Morgan fingerprint density at radius 1 is 1.22 bits per heavy atom. The second-order valence-corrected chi connectivity index (χ2v) is 4.70. The standard InChI is InChI=1S/C14H26N4/c1-4-18(5-2)8-6-7-13(3)17-11-14-9-15-12-16-10-14/h9-10,12-13,17H,4-8,11H2,1-3H3. The lowest BCUT2D eigenvalue weighted by Gasteiger charge is -2.19. The van der Waals surface area contributed by atoms with Crippen molar-refractivity contribution in [2.75, 3.05) is 19.6 Å². The first-order chi connectivity index (χ1) is 8.76. The maximum absolute atomic E-state index is 4.01. The molecular weight excluding hydrogens is 224 g/mol. The number of hydrogen-bond acceptors (Lipinski definition) is 4. The van der Waals surface area contributed by atoms with Gasteiger partial charge in [-0.25, -0.2) is 9.97 Å². The van der Waals surface area contributed by atoms with E-state index < -0.39 is 0 Å². The molecule has 0 aromatic carbocycles. The topological polar surface area (TPSA) is 41.0 Å². The lowest BCUT2D eigenvalue weighted by molar-refractivity contribution is 0.290. The van der Waals surface area contributed by atoms with Crippen molar-refractivity contribution in [1.29, 1.82) is 0 Å². The van der Waals surface area contributed by atoms with Crippen LogP contribution in [0.5, 0.6) is 0 Å². The predicted molar refractivity (Wildman–Crippen MR) is 75.4 cm³/mol. The van der Waals surface area contributed by atoms with E-state index >= 15 is 0 Å². The second-order valence-electron chi connectivity index (χ2n) is 4.70. The zero-order chi connectivity index (χ0) is 13.2. The Kier molecular flexibility index (Phi) is 7.53. The largest absolute Gasteiger partial charge is 0.310 e. The van der Waals surface area contributed by atoms with Crippen molar-refractivity contribution >= 4 is 0 Å². The Morgan fingerprint density at radius 3 is 2.50 bits per heavy atom. The van der Waals surface area contributed by atoms with Crippen molar-refractivity contribution in [3.63, 3.8) is 0 Å². The van der Waals surface area contributed by atoms with Crippen molar-refractivity contribution < 1.29 is 0 Å². The lowest BCUT2D eigenvalue weighted by Crippen LogP contribution is -2.28. The van der Waals surface area contributed by atoms with Crippen LogP contribution in [0.15, 0.2) is 18.7 Å². The van der Waals surface area contributed by atoms with Crippen LogP contribution in [0.1, 0.15) is 39.2 Å². The van der Waals surface area contributed by atoms with E-state index in [2.05, 4.69) is 41.0 Å². The van der Waals surface area contributed by atoms with Crippen LogP contribution in [-0.2, 0) is 6.54 Å². The van der Waals surface area contributed by atoms with E-state index in [4.69, 9.17) is 0 Å². The third-order valence-electron chi connectivity index (χ3n) is 3.27. The zero-order valence-corrected chi connectivity index (χ0v) is 11.9. The van der Waals surface area contributed by atoms with Crippen molar-refractivity contribution in [2.45, 2.75) is 46.2 Å². The molecule has 0 fully saturated rings. The van der Waals surface area contributed by atoms with Crippen LogP contribution in [0.25, 0.3) is 0 Å². The van der Waals surface area contributed by atoms with E-state index in [1.807, 2.05) is 12.4 Å². The van der Waals surface area contributed by atoms with E-state index in [0.29, 0.717) is 6.04 Å². The summed E-state index contributed by atoms with van der Waals surface area (Å²) < 4.78 is 0. The highest BCUT2D eigenvalue weighted by Gasteiger charge is 2.04. The van der Waals surface area contributed by atoms with Crippen LogP contribution in [-0.4, -0.2) is 40.5 Å². The summed E-state index contributed by atoms with van der Waals surface area (Å²) in [6.07, 6.45) is 7.76. The molecule has 1 rings (SSSR count). The van der Waals surface area contributed by atoms with Gasteiger partial charge in [-0.1, -0.05) is 13.8 Å². The lowest BCUT2D eigenvalue weighted by atomic mass is 10.1. The van der Waals surface area contributed by atoms with E-state index in [1.165, 1.54) is 19.4 Å². The number of hydrogen-bond donors (Lipinski definition) is 1. The Balaban J connectivity index is 2.12. The average Bonchev–Trinajstić information content (AvgIpc) is 2.42. The molecule has 0 aliphatic heterocycles. The number of nitrogens with zero attached hydrogens (tertiary/aromatic N) is 3. The van der Waals surface area contributed by atoms with Crippen LogP contribution in [0.2, 0.25) is 0 Å². The maximum Gasteiger partial charge on any atom is 0.115 e.